The van der Waals surface area contributed by atoms with E-state index in [1.165, 1.54) is 0 Å². The summed E-state index contributed by atoms with van der Waals surface area (Å²) in [6, 6.07) is 6.08. The minimum atomic E-state index is -0.649. The zero-order valence-electron chi connectivity index (χ0n) is 12.8. The molecule has 4 heteroatoms. The molecule has 2 rings (SSSR count). The Hall–Kier alpha value is -1.55. The van der Waals surface area contributed by atoms with Crippen molar-refractivity contribution in [1.82, 2.24) is 0 Å². The standard InChI is InChI=1S/C17H25NO3/c1-11-3-8-15(9-12(11)2)21-17(20)16(18)10-13-4-6-14(19)7-5-13/h4-7,11-12,15-16,19H,3,8-10,18H2,1-2H3. The van der Waals surface area contributed by atoms with E-state index < -0.39 is 6.04 Å². The van der Waals surface area contributed by atoms with Gasteiger partial charge in [-0.1, -0.05) is 26.0 Å². The third-order valence-corrected chi connectivity index (χ3v) is 4.53. The van der Waals surface area contributed by atoms with Gasteiger partial charge in [-0.05, 0) is 55.2 Å². The molecule has 3 N–H and O–H groups in total. The molecule has 0 saturated heterocycles. The first-order valence-electron chi connectivity index (χ1n) is 7.69. The molecule has 0 amide bonds. The highest BCUT2D eigenvalue weighted by molar-refractivity contribution is 5.76. The molecule has 116 valence electrons. The molecule has 1 fully saturated rings. The van der Waals surface area contributed by atoms with Gasteiger partial charge in [0.1, 0.15) is 17.9 Å². The summed E-state index contributed by atoms with van der Waals surface area (Å²) < 4.78 is 5.55. The van der Waals surface area contributed by atoms with E-state index in [-0.39, 0.29) is 17.8 Å². The summed E-state index contributed by atoms with van der Waals surface area (Å²) in [5.74, 6) is 1.17. The Bertz CT molecular complexity index is 471. The first-order valence-corrected chi connectivity index (χ1v) is 7.69. The van der Waals surface area contributed by atoms with Gasteiger partial charge in [0.2, 0.25) is 0 Å². The Morgan fingerprint density at radius 2 is 1.95 bits per heavy atom. The third kappa shape index (κ3) is 4.46. The maximum Gasteiger partial charge on any atom is 0.323 e. The van der Waals surface area contributed by atoms with Crippen LogP contribution in [0.15, 0.2) is 24.3 Å². The second-order valence-electron chi connectivity index (χ2n) is 6.30. The molecule has 21 heavy (non-hydrogen) atoms. The van der Waals surface area contributed by atoms with Crippen LogP contribution in [-0.2, 0) is 16.0 Å². The average molecular weight is 291 g/mol. The van der Waals surface area contributed by atoms with E-state index in [0.29, 0.717) is 18.3 Å². The molecular formula is C17H25NO3. The zero-order valence-corrected chi connectivity index (χ0v) is 12.8. The summed E-state index contributed by atoms with van der Waals surface area (Å²) in [4.78, 5) is 12.1. The number of hydrogen-bond acceptors (Lipinski definition) is 4. The van der Waals surface area contributed by atoms with Crippen molar-refractivity contribution in [2.24, 2.45) is 17.6 Å². The normalized spacial score (nSPS) is 27.1. The van der Waals surface area contributed by atoms with Crippen molar-refractivity contribution in [1.29, 1.82) is 0 Å². The summed E-state index contributed by atoms with van der Waals surface area (Å²) in [5.41, 5.74) is 6.85. The number of esters is 1. The van der Waals surface area contributed by atoms with Crippen LogP contribution >= 0.6 is 0 Å². The van der Waals surface area contributed by atoms with Gasteiger partial charge in [0, 0.05) is 0 Å². The number of rotatable bonds is 4. The molecule has 1 aromatic rings. The number of phenols is 1. The van der Waals surface area contributed by atoms with Gasteiger partial charge in [-0.2, -0.15) is 0 Å². The summed E-state index contributed by atoms with van der Waals surface area (Å²) in [6.07, 6.45) is 3.40. The largest absolute Gasteiger partial charge is 0.508 e. The van der Waals surface area contributed by atoms with Crippen LogP contribution in [0.1, 0.15) is 38.7 Å². The molecule has 0 bridgehead atoms. The molecule has 0 heterocycles. The molecule has 1 aliphatic rings. The highest BCUT2D eigenvalue weighted by Gasteiger charge is 2.28. The first-order chi connectivity index (χ1) is 9.95. The molecule has 0 aliphatic heterocycles. The molecule has 0 aromatic heterocycles. The van der Waals surface area contributed by atoms with Crippen molar-refractivity contribution in [3.8, 4) is 5.75 Å². The molecule has 0 radical (unpaired) electrons. The Kier molecular flexibility index (Phi) is 5.23. The lowest BCUT2D eigenvalue weighted by Crippen LogP contribution is -2.38. The molecule has 1 aliphatic carbocycles. The lowest BCUT2D eigenvalue weighted by Gasteiger charge is -2.32. The minimum absolute atomic E-state index is 0.00886. The number of phenolic OH excluding ortho intramolecular Hbond substituents is 1. The lowest BCUT2D eigenvalue weighted by molar-refractivity contribution is -0.153. The van der Waals surface area contributed by atoms with E-state index in [9.17, 15) is 9.90 Å². The SMILES string of the molecule is CC1CCC(OC(=O)C(N)Cc2ccc(O)cc2)CC1C. The Morgan fingerprint density at radius 3 is 2.57 bits per heavy atom. The van der Waals surface area contributed by atoms with Crippen molar-refractivity contribution in [2.45, 2.75) is 51.7 Å². The molecule has 1 saturated carbocycles. The fraction of sp³-hybridized carbons (Fsp3) is 0.588. The summed E-state index contributed by atoms with van der Waals surface area (Å²) in [5, 5.41) is 9.24. The predicted octanol–water partition coefficient (Wildman–Crippen LogP) is 2.63. The molecule has 4 atom stereocenters. The van der Waals surface area contributed by atoms with Crippen LogP contribution in [0.3, 0.4) is 0 Å². The smallest absolute Gasteiger partial charge is 0.323 e. The van der Waals surface area contributed by atoms with Gasteiger partial charge >= 0.3 is 5.97 Å². The average Bonchev–Trinajstić information content (AvgIpc) is 2.45. The molecule has 4 nitrogen and oxygen atoms in total. The van der Waals surface area contributed by atoms with E-state index in [1.54, 1.807) is 24.3 Å². The van der Waals surface area contributed by atoms with Gasteiger partial charge in [0.05, 0.1) is 0 Å². The van der Waals surface area contributed by atoms with Crippen molar-refractivity contribution in [2.75, 3.05) is 0 Å². The maximum absolute atomic E-state index is 12.1. The van der Waals surface area contributed by atoms with Crippen LogP contribution in [0.25, 0.3) is 0 Å². The van der Waals surface area contributed by atoms with Gasteiger partial charge in [0.25, 0.3) is 0 Å². The molecule has 4 unspecified atom stereocenters. The second-order valence-corrected chi connectivity index (χ2v) is 6.30. The summed E-state index contributed by atoms with van der Waals surface area (Å²) >= 11 is 0. The van der Waals surface area contributed by atoms with Crippen LogP contribution in [0, 0.1) is 11.8 Å². The fourth-order valence-electron chi connectivity index (χ4n) is 2.83. The highest BCUT2D eigenvalue weighted by Crippen LogP contribution is 2.31. The number of aromatic hydroxyl groups is 1. The molecule has 1 aromatic carbocycles. The predicted molar refractivity (Wildman–Crippen MR) is 81.8 cm³/mol. The van der Waals surface area contributed by atoms with Crippen molar-refractivity contribution >= 4 is 5.97 Å². The van der Waals surface area contributed by atoms with E-state index in [2.05, 4.69) is 13.8 Å². The summed E-state index contributed by atoms with van der Waals surface area (Å²) in [6.45, 7) is 4.46. The Balaban J connectivity index is 1.83. The van der Waals surface area contributed by atoms with Crippen LogP contribution < -0.4 is 5.73 Å². The van der Waals surface area contributed by atoms with E-state index in [1.807, 2.05) is 0 Å². The van der Waals surface area contributed by atoms with Gasteiger partial charge < -0.3 is 15.6 Å². The Labute approximate surface area is 126 Å². The number of hydrogen-bond donors (Lipinski definition) is 2. The lowest BCUT2D eigenvalue weighted by atomic mass is 9.80. The van der Waals surface area contributed by atoms with Crippen LogP contribution in [0.2, 0.25) is 0 Å². The number of carbonyl (C=O) groups is 1. The monoisotopic (exact) mass is 291 g/mol. The highest BCUT2D eigenvalue weighted by atomic mass is 16.5. The minimum Gasteiger partial charge on any atom is -0.508 e. The van der Waals surface area contributed by atoms with Crippen LogP contribution in [0.5, 0.6) is 5.75 Å². The van der Waals surface area contributed by atoms with Gasteiger partial charge in [-0.15, -0.1) is 0 Å². The van der Waals surface area contributed by atoms with Crippen LogP contribution in [0.4, 0.5) is 0 Å². The number of benzene rings is 1. The topological polar surface area (TPSA) is 72.5 Å². The zero-order chi connectivity index (χ0) is 15.4. The van der Waals surface area contributed by atoms with E-state index >= 15 is 0 Å². The van der Waals surface area contributed by atoms with Crippen LogP contribution in [-0.4, -0.2) is 23.2 Å². The quantitative estimate of drug-likeness (QED) is 0.836. The van der Waals surface area contributed by atoms with Gasteiger partial charge in [0.15, 0.2) is 0 Å². The summed E-state index contributed by atoms with van der Waals surface area (Å²) in [7, 11) is 0. The number of nitrogens with two attached hydrogens (primary N) is 1. The van der Waals surface area contributed by atoms with Gasteiger partial charge in [-0.3, -0.25) is 4.79 Å². The molecule has 0 spiro atoms. The molecular weight excluding hydrogens is 266 g/mol. The fourth-order valence-corrected chi connectivity index (χ4v) is 2.83. The van der Waals surface area contributed by atoms with E-state index in [0.717, 1.165) is 24.8 Å². The second kappa shape index (κ2) is 6.94. The third-order valence-electron chi connectivity index (χ3n) is 4.53. The van der Waals surface area contributed by atoms with E-state index in [4.69, 9.17) is 10.5 Å². The first kappa shape index (κ1) is 15.8. The van der Waals surface area contributed by atoms with Crippen molar-refractivity contribution < 1.29 is 14.6 Å². The Morgan fingerprint density at radius 1 is 1.29 bits per heavy atom. The number of ether oxygens (including phenoxy) is 1. The number of carbonyl (C=O) groups excluding carboxylic acids is 1. The van der Waals surface area contributed by atoms with Crippen molar-refractivity contribution in [3.05, 3.63) is 29.8 Å². The van der Waals surface area contributed by atoms with Crippen molar-refractivity contribution in [3.63, 3.8) is 0 Å². The maximum atomic E-state index is 12.1. The van der Waals surface area contributed by atoms with Gasteiger partial charge in [-0.25, -0.2) is 0 Å².